The number of para-hydroxylation sites is 1. The second-order valence-electron chi connectivity index (χ2n) is 5.33. The lowest BCUT2D eigenvalue weighted by Crippen LogP contribution is -2.43. The molecule has 112 valence electrons. The maximum absolute atomic E-state index is 12.3. The molecule has 2 heterocycles. The van der Waals surface area contributed by atoms with Crippen LogP contribution in [0.4, 0.5) is 0 Å². The van der Waals surface area contributed by atoms with Crippen LogP contribution in [-0.2, 0) is 4.79 Å². The SMILES string of the molecule is COc1cccc2c1OCC(C(=O)NC1CCNCC1)=C2. The van der Waals surface area contributed by atoms with Crippen molar-refractivity contribution in [3.8, 4) is 11.5 Å². The molecule has 0 aliphatic carbocycles. The number of amides is 1. The van der Waals surface area contributed by atoms with Crippen molar-refractivity contribution in [3.05, 3.63) is 29.3 Å². The van der Waals surface area contributed by atoms with Gasteiger partial charge in [0.05, 0.1) is 12.7 Å². The number of rotatable bonds is 3. The Kier molecular flexibility index (Phi) is 4.10. The van der Waals surface area contributed by atoms with E-state index in [1.54, 1.807) is 7.11 Å². The topological polar surface area (TPSA) is 59.6 Å². The Morgan fingerprint density at radius 1 is 1.38 bits per heavy atom. The summed E-state index contributed by atoms with van der Waals surface area (Å²) in [6.07, 6.45) is 3.84. The van der Waals surface area contributed by atoms with Gasteiger partial charge in [-0.1, -0.05) is 12.1 Å². The van der Waals surface area contributed by atoms with Gasteiger partial charge in [-0.25, -0.2) is 0 Å². The molecule has 1 fully saturated rings. The molecule has 5 heteroatoms. The zero-order valence-electron chi connectivity index (χ0n) is 12.1. The van der Waals surface area contributed by atoms with Crippen molar-refractivity contribution in [3.63, 3.8) is 0 Å². The van der Waals surface area contributed by atoms with Crippen LogP contribution >= 0.6 is 0 Å². The van der Waals surface area contributed by atoms with Crippen molar-refractivity contribution in [2.24, 2.45) is 0 Å². The van der Waals surface area contributed by atoms with Crippen molar-refractivity contribution in [2.75, 3.05) is 26.8 Å². The summed E-state index contributed by atoms with van der Waals surface area (Å²) < 4.78 is 11.0. The number of carbonyl (C=O) groups is 1. The van der Waals surface area contributed by atoms with Gasteiger partial charge in [0.1, 0.15) is 6.61 Å². The predicted octanol–water partition coefficient (Wildman–Crippen LogP) is 1.34. The van der Waals surface area contributed by atoms with Crippen LogP contribution in [0.25, 0.3) is 6.08 Å². The standard InChI is InChI=1S/C16H20N2O3/c1-20-14-4-2-3-11-9-12(10-21-15(11)14)16(19)18-13-5-7-17-8-6-13/h2-4,9,13,17H,5-8,10H2,1H3,(H,18,19). The van der Waals surface area contributed by atoms with E-state index in [-0.39, 0.29) is 18.6 Å². The Morgan fingerprint density at radius 2 is 2.19 bits per heavy atom. The Bertz CT molecular complexity index is 563. The first kappa shape index (κ1) is 13.9. The molecule has 0 aromatic heterocycles. The van der Waals surface area contributed by atoms with Gasteiger partial charge >= 0.3 is 0 Å². The maximum atomic E-state index is 12.3. The summed E-state index contributed by atoms with van der Waals surface area (Å²) >= 11 is 0. The molecule has 0 radical (unpaired) electrons. The Hall–Kier alpha value is -2.01. The third kappa shape index (κ3) is 3.03. The van der Waals surface area contributed by atoms with Crippen LogP contribution in [0.3, 0.4) is 0 Å². The van der Waals surface area contributed by atoms with E-state index >= 15 is 0 Å². The van der Waals surface area contributed by atoms with Gasteiger partial charge in [-0.15, -0.1) is 0 Å². The van der Waals surface area contributed by atoms with Gasteiger partial charge in [0.2, 0.25) is 0 Å². The fourth-order valence-corrected chi connectivity index (χ4v) is 2.72. The highest BCUT2D eigenvalue weighted by Gasteiger charge is 2.22. The largest absolute Gasteiger partial charge is 0.493 e. The van der Waals surface area contributed by atoms with Gasteiger partial charge in [-0.2, -0.15) is 0 Å². The van der Waals surface area contributed by atoms with Gasteiger partial charge in [-0.05, 0) is 38.1 Å². The third-order valence-corrected chi connectivity index (χ3v) is 3.90. The number of nitrogens with one attached hydrogen (secondary N) is 2. The van der Waals surface area contributed by atoms with E-state index in [1.807, 2.05) is 24.3 Å². The second kappa shape index (κ2) is 6.18. The number of methoxy groups -OCH3 is 1. The fraction of sp³-hybridized carbons (Fsp3) is 0.438. The molecule has 1 saturated heterocycles. The Labute approximate surface area is 124 Å². The van der Waals surface area contributed by atoms with Crippen molar-refractivity contribution >= 4 is 12.0 Å². The van der Waals surface area contributed by atoms with E-state index in [2.05, 4.69) is 10.6 Å². The summed E-state index contributed by atoms with van der Waals surface area (Å²) in [6.45, 7) is 2.20. The lowest BCUT2D eigenvalue weighted by Gasteiger charge is -2.25. The smallest absolute Gasteiger partial charge is 0.250 e. The number of ether oxygens (including phenoxy) is 2. The molecular formula is C16H20N2O3. The molecule has 21 heavy (non-hydrogen) atoms. The number of benzene rings is 1. The average Bonchev–Trinajstić information content (AvgIpc) is 2.54. The van der Waals surface area contributed by atoms with Crippen molar-refractivity contribution in [2.45, 2.75) is 18.9 Å². The molecule has 2 aliphatic rings. The number of carbonyl (C=O) groups excluding carboxylic acids is 1. The highest BCUT2D eigenvalue weighted by molar-refractivity contribution is 5.99. The fourth-order valence-electron chi connectivity index (χ4n) is 2.72. The summed E-state index contributed by atoms with van der Waals surface area (Å²) in [5.74, 6) is 1.37. The number of hydrogen-bond acceptors (Lipinski definition) is 4. The first-order valence-corrected chi connectivity index (χ1v) is 7.30. The van der Waals surface area contributed by atoms with Crippen molar-refractivity contribution in [1.82, 2.24) is 10.6 Å². The molecule has 1 aromatic carbocycles. The van der Waals surface area contributed by atoms with Crippen LogP contribution in [-0.4, -0.2) is 38.8 Å². The summed E-state index contributed by atoms with van der Waals surface area (Å²) in [7, 11) is 1.61. The van der Waals surface area contributed by atoms with E-state index in [0.29, 0.717) is 17.1 Å². The highest BCUT2D eigenvalue weighted by atomic mass is 16.5. The van der Waals surface area contributed by atoms with Crippen LogP contribution < -0.4 is 20.1 Å². The lowest BCUT2D eigenvalue weighted by molar-refractivity contribution is -0.118. The summed E-state index contributed by atoms with van der Waals surface area (Å²) in [4.78, 5) is 12.3. The zero-order valence-corrected chi connectivity index (χ0v) is 12.1. The van der Waals surface area contributed by atoms with E-state index in [0.717, 1.165) is 31.5 Å². The first-order chi connectivity index (χ1) is 10.3. The molecule has 0 bridgehead atoms. The Balaban J connectivity index is 1.73. The van der Waals surface area contributed by atoms with Gasteiger partial charge in [0.15, 0.2) is 11.5 Å². The number of hydrogen-bond donors (Lipinski definition) is 2. The normalized spacial score (nSPS) is 18.2. The van der Waals surface area contributed by atoms with E-state index in [1.165, 1.54) is 0 Å². The molecule has 5 nitrogen and oxygen atoms in total. The first-order valence-electron chi connectivity index (χ1n) is 7.30. The van der Waals surface area contributed by atoms with E-state index in [4.69, 9.17) is 9.47 Å². The average molecular weight is 288 g/mol. The number of fused-ring (bicyclic) bond motifs is 1. The quantitative estimate of drug-likeness (QED) is 0.881. The van der Waals surface area contributed by atoms with Gasteiger partial charge < -0.3 is 20.1 Å². The summed E-state index contributed by atoms with van der Waals surface area (Å²) in [6, 6.07) is 5.93. The van der Waals surface area contributed by atoms with Gasteiger partial charge in [0.25, 0.3) is 5.91 Å². The molecule has 1 aromatic rings. The molecule has 0 spiro atoms. The minimum atomic E-state index is -0.0321. The highest BCUT2D eigenvalue weighted by Crippen LogP contribution is 2.35. The van der Waals surface area contributed by atoms with Gasteiger partial charge in [0, 0.05) is 11.6 Å². The zero-order chi connectivity index (χ0) is 14.7. The lowest BCUT2D eigenvalue weighted by atomic mass is 10.0. The van der Waals surface area contributed by atoms with Crippen LogP contribution in [0, 0.1) is 0 Å². The molecule has 3 rings (SSSR count). The molecule has 1 amide bonds. The maximum Gasteiger partial charge on any atom is 0.250 e. The second-order valence-corrected chi connectivity index (χ2v) is 5.33. The van der Waals surface area contributed by atoms with Crippen LogP contribution in [0.5, 0.6) is 11.5 Å². The molecule has 2 N–H and O–H groups in total. The third-order valence-electron chi connectivity index (χ3n) is 3.90. The van der Waals surface area contributed by atoms with E-state index < -0.39 is 0 Å². The number of piperidine rings is 1. The monoisotopic (exact) mass is 288 g/mol. The predicted molar refractivity (Wildman–Crippen MR) is 80.5 cm³/mol. The van der Waals surface area contributed by atoms with E-state index in [9.17, 15) is 4.79 Å². The Morgan fingerprint density at radius 3 is 2.95 bits per heavy atom. The minimum absolute atomic E-state index is 0.0321. The molecule has 2 aliphatic heterocycles. The molecule has 0 unspecified atom stereocenters. The summed E-state index contributed by atoms with van der Waals surface area (Å²) in [5, 5.41) is 6.38. The van der Waals surface area contributed by atoms with Crippen LogP contribution in [0.1, 0.15) is 18.4 Å². The molecule has 0 saturated carbocycles. The molecular weight excluding hydrogens is 268 g/mol. The van der Waals surface area contributed by atoms with Crippen LogP contribution in [0.15, 0.2) is 23.8 Å². The van der Waals surface area contributed by atoms with Crippen molar-refractivity contribution in [1.29, 1.82) is 0 Å². The minimum Gasteiger partial charge on any atom is -0.493 e. The van der Waals surface area contributed by atoms with Crippen molar-refractivity contribution < 1.29 is 14.3 Å². The molecule has 0 atom stereocenters. The van der Waals surface area contributed by atoms with Crippen LogP contribution in [0.2, 0.25) is 0 Å². The van der Waals surface area contributed by atoms with Gasteiger partial charge in [-0.3, -0.25) is 4.79 Å². The summed E-state index contributed by atoms with van der Waals surface area (Å²) in [5.41, 5.74) is 1.55.